The number of hydrogen-bond acceptors (Lipinski definition) is 4. The fourth-order valence-electron chi connectivity index (χ4n) is 2.57. The molecule has 1 aromatic heterocycles. The first-order valence-electron chi connectivity index (χ1n) is 6.86. The van der Waals surface area contributed by atoms with Gasteiger partial charge in [0.2, 0.25) is 10.0 Å². The third kappa shape index (κ3) is 2.86. The second kappa shape index (κ2) is 5.94. The second-order valence-corrected chi connectivity index (χ2v) is 7.25. The van der Waals surface area contributed by atoms with Crippen molar-refractivity contribution in [1.29, 1.82) is 5.26 Å². The van der Waals surface area contributed by atoms with E-state index < -0.39 is 10.0 Å². The number of sulfonamides is 1. The van der Waals surface area contributed by atoms with E-state index in [-0.39, 0.29) is 17.9 Å². The molecule has 1 aliphatic carbocycles. The molecule has 20 heavy (non-hydrogen) atoms. The molecule has 7 heteroatoms. The Morgan fingerprint density at radius 1 is 1.50 bits per heavy atom. The molecule has 1 aromatic rings. The second-order valence-electron chi connectivity index (χ2n) is 5.23. The quantitative estimate of drug-likeness (QED) is 0.830. The van der Waals surface area contributed by atoms with E-state index in [0.29, 0.717) is 11.7 Å². The zero-order valence-electron chi connectivity index (χ0n) is 11.9. The lowest BCUT2D eigenvalue weighted by Gasteiger charge is -2.14. The summed E-state index contributed by atoms with van der Waals surface area (Å²) >= 11 is 0. The van der Waals surface area contributed by atoms with Crippen LogP contribution in [0, 0.1) is 18.3 Å². The van der Waals surface area contributed by atoms with Crippen LogP contribution in [0.25, 0.3) is 0 Å². The molecule has 0 bridgehead atoms. The first kappa shape index (κ1) is 15.0. The zero-order chi connectivity index (χ0) is 14.8. The Kier molecular flexibility index (Phi) is 4.45. The normalized spacial score (nSPS) is 16.7. The number of rotatable bonds is 5. The van der Waals surface area contributed by atoms with Crippen molar-refractivity contribution in [3.05, 3.63) is 11.9 Å². The minimum atomic E-state index is -3.55. The van der Waals surface area contributed by atoms with Crippen LogP contribution in [0.5, 0.6) is 0 Å². The Balaban J connectivity index is 2.25. The van der Waals surface area contributed by atoms with Crippen molar-refractivity contribution in [3.63, 3.8) is 0 Å². The van der Waals surface area contributed by atoms with Gasteiger partial charge in [-0.1, -0.05) is 12.8 Å². The molecule has 0 N–H and O–H groups in total. The van der Waals surface area contributed by atoms with E-state index in [9.17, 15) is 8.42 Å². The van der Waals surface area contributed by atoms with E-state index in [2.05, 4.69) is 5.10 Å². The van der Waals surface area contributed by atoms with Crippen LogP contribution >= 0.6 is 0 Å². The van der Waals surface area contributed by atoms with Crippen LogP contribution in [-0.2, 0) is 10.0 Å². The molecule has 0 radical (unpaired) electrons. The van der Waals surface area contributed by atoms with E-state index >= 15 is 0 Å². The number of hydrogen-bond donors (Lipinski definition) is 0. The van der Waals surface area contributed by atoms with E-state index in [1.54, 1.807) is 17.8 Å². The highest BCUT2D eigenvalue weighted by Gasteiger charge is 2.27. The lowest BCUT2D eigenvalue weighted by Crippen LogP contribution is -2.28. The lowest BCUT2D eigenvalue weighted by molar-refractivity contribution is 0.462. The van der Waals surface area contributed by atoms with Gasteiger partial charge in [-0.15, -0.1) is 0 Å². The van der Waals surface area contributed by atoms with Gasteiger partial charge in [-0.05, 0) is 19.8 Å². The smallest absolute Gasteiger partial charge is 0.246 e. The van der Waals surface area contributed by atoms with Crippen molar-refractivity contribution in [2.75, 3.05) is 13.6 Å². The molecule has 1 saturated carbocycles. The summed E-state index contributed by atoms with van der Waals surface area (Å²) in [5.74, 6) is 0. The maximum atomic E-state index is 12.5. The molecular weight excluding hydrogens is 276 g/mol. The van der Waals surface area contributed by atoms with E-state index in [4.69, 9.17) is 5.26 Å². The molecule has 0 unspecified atom stereocenters. The molecule has 1 heterocycles. The van der Waals surface area contributed by atoms with Crippen molar-refractivity contribution in [3.8, 4) is 6.07 Å². The highest BCUT2D eigenvalue weighted by Crippen LogP contribution is 2.30. The summed E-state index contributed by atoms with van der Waals surface area (Å²) in [6.07, 6.45) is 6.30. The summed E-state index contributed by atoms with van der Waals surface area (Å²) in [6, 6.07) is 2.28. The zero-order valence-corrected chi connectivity index (χ0v) is 12.7. The number of nitriles is 1. The molecule has 0 aromatic carbocycles. The van der Waals surface area contributed by atoms with Crippen molar-refractivity contribution in [2.45, 2.75) is 50.0 Å². The summed E-state index contributed by atoms with van der Waals surface area (Å²) in [5, 5.41) is 12.9. The van der Waals surface area contributed by atoms with Crippen molar-refractivity contribution in [2.24, 2.45) is 0 Å². The summed E-state index contributed by atoms with van der Waals surface area (Å²) in [5.41, 5.74) is 0.528. The fourth-order valence-corrected chi connectivity index (χ4v) is 3.89. The van der Waals surface area contributed by atoms with Crippen molar-refractivity contribution >= 4 is 10.0 Å². The summed E-state index contributed by atoms with van der Waals surface area (Å²) in [6.45, 7) is 1.92. The maximum Gasteiger partial charge on any atom is 0.246 e. The van der Waals surface area contributed by atoms with Crippen LogP contribution < -0.4 is 0 Å². The van der Waals surface area contributed by atoms with Crippen LogP contribution in [0.2, 0.25) is 0 Å². The molecule has 1 aliphatic rings. The third-order valence-electron chi connectivity index (χ3n) is 3.80. The van der Waals surface area contributed by atoms with Crippen LogP contribution in [0.4, 0.5) is 0 Å². The molecular formula is C13H20N4O2S. The standard InChI is InChI=1S/C13H20N4O2S/c1-11-13(20(18,19)16(2)9-5-8-14)10-17(15-11)12-6-3-4-7-12/h10,12H,3-7,9H2,1-2H3. The van der Waals surface area contributed by atoms with Gasteiger partial charge in [0.25, 0.3) is 0 Å². The molecule has 0 aliphatic heterocycles. The van der Waals surface area contributed by atoms with Gasteiger partial charge in [0.05, 0.1) is 17.8 Å². The number of aryl methyl sites for hydroxylation is 1. The molecule has 0 atom stereocenters. The van der Waals surface area contributed by atoms with Gasteiger partial charge in [0, 0.05) is 26.2 Å². The molecule has 2 rings (SSSR count). The Morgan fingerprint density at radius 3 is 2.75 bits per heavy atom. The van der Waals surface area contributed by atoms with Crippen molar-refractivity contribution < 1.29 is 8.42 Å². The lowest BCUT2D eigenvalue weighted by atomic mass is 10.3. The minimum Gasteiger partial charge on any atom is -0.268 e. The summed E-state index contributed by atoms with van der Waals surface area (Å²) < 4.78 is 27.9. The fraction of sp³-hybridized carbons (Fsp3) is 0.692. The van der Waals surface area contributed by atoms with Crippen LogP contribution in [-0.4, -0.2) is 36.1 Å². The van der Waals surface area contributed by atoms with Gasteiger partial charge in [0.1, 0.15) is 4.90 Å². The van der Waals surface area contributed by atoms with E-state index in [1.807, 2.05) is 6.07 Å². The molecule has 110 valence electrons. The van der Waals surface area contributed by atoms with Crippen LogP contribution in [0.1, 0.15) is 43.8 Å². The highest BCUT2D eigenvalue weighted by atomic mass is 32.2. The maximum absolute atomic E-state index is 12.5. The summed E-state index contributed by atoms with van der Waals surface area (Å²) in [7, 11) is -2.05. The summed E-state index contributed by atoms with van der Waals surface area (Å²) in [4.78, 5) is 0.254. The first-order valence-corrected chi connectivity index (χ1v) is 8.30. The first-order chi connectivity index (χ1) is 9.46. The Labute approximate surface area is 120 Å². The predicted molar refractivity (Wildman–Crippen MR) is 74.5 cm³/mol. The van der Waals surface area contributed by atoms with Crippen LogP contribution in [0.15, 0.2) is 11.1 Å². The van der Waals surface area contributed by atoms with Gasteiger partial charge in [0.15, 0.2) is 0 Å². The Morgan fingerprint density at radius 2 is 2.15 bits per heavy atom. The Bertz CT molecular complexity index is 609. The third-order valence-corrected chi connectivity index (χ3v) is 5.76. The van der Waals surface area contributed by atoms with E-state index in [0.717, 1.165) is 12.8 Å². The average Bonchev–Trinajstić information content (AvgIpc) is 3.04. The largest absolute Gasteiger partial charge is 0.268 e. The van der Waals surface area contributed by atoms with Gasteiger partial charge in [-0.25, -0.2) is 8.42 Å². The van der Waals surface area contributed by atoms with Crippen LogP contribution in [0.3, 0.4) is 0 Å². The Hall–Kier alpha value is -1.39. The van der Waals surface area contributed by atoms with E-state index in [1.165, 1.54) is 24.2 Å². The topological polar surface area (TPSA) is 79.0 Å². The average molecular weight is 296 g/mol. The minimum absolute atomic E-state index is 0.186. The number of aromatic nitrogens is 2. The van der Waals surface area contributed by atoms with Gasteiger partial charge in [-0.3, -0.25) is 4.68 Å². The monoisotopic (exact) mass is 296 g/mol. The molecule has 0 amide bonds. The molecule has 0 saturated heterocycles. The van der Waals surface area contributed by atoms with Crippen molar-refractivity contribution in [1.82, 2.24) is 14.1 Å². The SMILES string of the molecule is Cc1nn(C2CCCC2)cc1S(=O)(=O)N(C)CCC#N. The molecule has 1 fully saturated rings. The molecule has 0 spiro atoms. The van der Waals surface area contributed by atoms with Gasteiger partial charge in [-0.2, -0.15) is 14.7 Å². The predicted octanol–water partition coefficient (Wildman–Crippen LogP) is 1.84. The van der Waals surface area contributed by atoms with Gasteiger partial charge < -0.3 is 0 Å². The molecule has 6 nitrogen and oxygen atoms in total. The highest BCUT2D eigenvalue weighted by molar-refractivity contribution is 7.89. The van der Waals surface area contributed by atoms with Gasteiger partial charge >= 0.3 is 0 Å². The number of nitrogens with zero attached hydrogens (tertiary/aromatic N) is 4.